The fourth-order valence-electron chi connectivity index (χ4n) is 0.827. The maximum absolute atomic E-state index is 10.3. The van der Waals surface area contributed by atoms with Crippen molar-refractivity contribution in [3.8, 4) is 0 Å². The lowest BCUT2D eigenvalue weighted by Gasteiger charge is -1.99. The summed E-state index contributed by atoms with van der Waals surface area (Å²) in [5, 5.41) is 3.53. The molecule has 5 nitrogen and oxygen atoms in total. The van der Waals surface area contributed by atoms with Gasteiger partial charge in [0.2, 0.25) is 0 Å². The summed E-state index contributed by atoms with van der Waals surface area (Å²) in [6.45, 7) is -0.270. The van der Waals surface area contributed by atoms with E-state index in [0.717, 1.165) is 5.56 Å². The van der Waals surface area contributed by atoms with Crippen LogP contribution in [-0.2, 0) is 9.63 Å². The SMILES string of the molecule is NC(=O)CON=C(N)c1ccccc1. The molecule has 0 spiro atoms. The van der Waals surface area contributed by atoms with Crippen LogP contribution >= 0.6 is 0 Å². The minimum Gasteiger partial charge on any atom is -0.384 e. The highest BCUT2D eigenvalue weighted by molar-refractivity contribution is 5.97. The van der Waals surface area contributed by atoms with Crippen LogP contribution in [0, 0.1) is 0 Å². The van der Waals surface area contributed by atoms with Crippen LogP contribution in [0.4, 0.5) is 0 Å². The first-order chi connectivity index (χ1) is 6.70. The number of benzene rings is 1. The van der Waals surface area contributed by atoms with Gasteiger partial charge in [-0.2, -0.15) is 0 Å². The number of carbonyl (C=O) groups excluding carboxylic acids is 1. The number of amidine groups is 1. The summed E-state index contributed by atoms with van der Waals surface area (Å²) < 4.78 is 0. The van der Waals surface area contributed by atoms with Crippen LogP contribution in [0.25, 0.3) is 0 Å². The zero-order valence-corrected chi connectivity index (χ0v) is 7.51. The number of hydrogen-bond donors (Lipinski definition) is 2. The molecule has 0 saturated heterocycles. The normalized spacial score (nSPS) is 11.0. The Hall–Kier alpha value is -2.04. The van der Waals surface area contributed by atoms with Gasteiger partial charge < -0.3 is 16.3 Å². The number of primary amides is 1. The molecule has 0 aliphatic heterocycles. The van der Waals surface area contributed by atoms with Gasteiger partial charge in [0.15, 0.2) is 12.4 Å². The minimum absolute atomic E-state index is 0.215. The van der Waals surface area contributed by atoms with Gasteiger partial charge in [-0.3, -0.25) is 4.79 Å². The van der Waals surface area contributed by atoms with Crippen LogP contribution in [0.1, 0.15) is 5.56 Å². The molecule has 74 valence electrons. The van der Waals surface area contributed by atoms with Crippen LogP contribution < -0.4 is 11.5 Å². The second kappa shape index (κ2) is 4.86. The van der Waals surface area contributed by atoms with Crippen LogP contribution in [0.2, 0.25) is 0 Å². The summed E-state index contributed by atoms with van der Waals surface area (Å²) in [4.78, 5) is 14.9. The number of amides is 1. The Balaban J connectivity index is 2.57. The van der Waals surface area contributed by atoms with Crippen LogP contribution in [-0.4, -0.2) is 18.3 Å². The molecule has 0 aliphatic carbocycles. The Morgan fingerprint density at radius 3 is 2.50 bits per heavy atom. The molecule has 0 aromatic heterocycles. The van der Waals surface area contributed by atoms with Crippen molar-refractivity contribution >= 4 is 11.7 Å². The number of rotatable bonds is 4. The molecule has 1 aromatic carbocycles. The van der Waals surface area contributed by atoms with Gasteiger partial charge in [0, 0.05) is 5.56 Å². The quantitative estimate of drug-likeness (QED) is 0.394. The highest BCUT2D eigenvalue weighted by Gasteiger charge is 1.97. The first-order valence-electron chi connectivity index (χ1n) is 3.99. The summed E-state index contributed by atoms with van der Waals surface area (Å²) >= 11 is 0. The molecule has 0 bridgehead atoms. The van der Waals surface area contributed by atoms with Gasteiger partial charge in [0.1, 0.15) is 0 Å². The third-order valence-corrected chi connectivity index (χ3v) is 1.44. The summed E-state index contributed by atoms with van der Waals surface area (Å²) in [5.74, 6) is -0.374. The molecule has 0 fully saturated rings. The first-order valence-corrected chi connectivity index (χ1v) is 3.99. The molecule has 14 heavy (non-hydrogen) atoms. The Labute approximate surface area is 81.3 Å². The molecule has 1 aromatic rings. The van der Waals surface area contributed by atoms with Crippen molar-refractivity contribution in [3.63, 3.8) is 0 Å². The smallest absolute Gasteiger partial charge is 0.258 e. The minimum atomic E-state index is -0.588. The molecule has 0 unspecified atom stereocenters. The van der Waals surface area contributed by atoms with E-state index >= 15 is 0 Å². The maximum atomic E-state index is 10.3. The van der Waals surface area contributed by atoms with E-state index in [4.69, 9.17) is 11.5 Å². The van der Waals surface area contributed by atoms with E-state index in [1.807, 2.05) is 18.2 Å². The van der Waals surface area contributed by atoms with E-state index in [9.17, 15) is 4.79 Å². The van der Waals surface area contributed by atoms with E-state index in [0.29, 0.717) is 0 Å². The van der Waals surface area contributed by atoms with Crippen molar-refractivity contribution in [2.24, 2.45) is 16.6 Å². The number of oxime groups is 1. The zero-order valence-electron chi connectivity index (χ0n) is 7.51. The summed E-state index contributed by atoms with van der Waals surface area (Å²) in [5.41, 5.74) is 11.1. The molecule has 5 heteroatoms. The molecule has 0 saturated carbocycles. The number of carbonyl (C=O) groups is 1. The monoisotopic (exact) mass is 193 g/mol. The van der Waals surface area contributed by atoms with Crippen LogP contribution in [0.15, 0.2) is 35.5 Å². The van der Waals surface area contributed by atoms with Gasteiger partial charge in [0.25, 0.3) is 5.91 Å². The van der Waals surface area contributed by atoms with E-state index in [1.54, 1.807) is 12.1 Å². The Kier molecular flexibility index (Phi) is 3.49. The molecule has 0 heterocycles. The second-order valence-corrected chi connectivity index (χ2v) is 2.58. The van der Waals surface area contributed by atoms with Crippen molar-refractivity contribution in [1.82, 2.24) is 0 Å². The first kappa shape index (κ1) is 10.0. The lowest BCUT2D eigenvalue weighted by Crippen LogP contribution is -2.19. The third-order valence-electron chi connectivity index (χ3n) is 1.44. The molecular formula is C9H11N3O2. The van der Waals surface area contributed by atoms with Gasteiger partial charge in [-0.05, 0) is 0 Å². The molecule has 0 radical (unpaired) electrons. The zero-order chi connectivity index (χ0) is 10.4. The topological polar surface area (TPSA) is 90.7 Å². The lowest BCUT2D eigenvalue weighted by molar-refractivity contribution is -0.122. The third kappa shape index (κ3) is 3.14. The lowest BCUT2D eigenvalue weighted by atomic mass is 10.2. The van der Waals surface area contributed by atoms with Gasteiger partial charge in [0.05, 0.1) is 0 Å². The average Bonchev–Trinajstić information content (AvgIpc) is 2.18. The van der Waals surface area contributed by atoms with E-state index in [1.165, 1.54) is 0 Å². The number of hydrogen-bond acceptors (Lipinski definition) is 3. The molecular weight excluding hydrogens is 182 g/mol. The largest absolute Gasteiger partial charge is 0.384 e. The van der Waals surface area contributed by atoms with Gasteiger partial charge in [-0.25, -0.2) is 0 Å². The Morgan fingerprint density at radius 1 is 1.29 bits per heavy atom. The van der Waals surface area contributed by atoms with Gasteiger partial charge >= 0.3 is 0 Å². The standard InChI is InChI=1S/C9H11N3O2/c10-8(13)6-14-12-9(11)7-4-2-1-3-5-7/h1-5H,6H2,(H2,10,13)(H2,11,12). The fourth-order valence-corrected chi connectivity index (χ4v) is 0.827. The van der Waals surface area contributed by atoms with E-state index in [-0.39, 0.29) is 12.4 Å². The summed E-state index contributed by atoms with van der Waals surface area (Å²) in [6.07, 6.45) is 0. The molecule has 1 rings (SSSR count). The molecule has 0 atom stereocenters. The van der Waals surface area contributed by atoms with Gasteiger partial charge in [-0.1, -0.05) is 35.5 Å². The van der Waals surface area contributed by atoms with Crippen LogP contribution in [0.5, 0.6) is 0 Å². The molecule has 0 aliphatic rings. The number of nitrogens with zero attached hydrogens (tertiary/aromatic N) is 1. The highest BCUT2D eigenvalue weighted by atomic mass is 16.6. The average molecular weight is 193 g/mol. The molecule has 1 amide bonds. The maximum Gasteiger partial charge on any atom is 0.258 e. The predicted octanol–water partition coefficient (Wildman–Crippen LogP) is -0.191. The van der Waals surface area contributed by atoms with E-state index < -0.39 is 5.91 Å². The highest BCUT2D eigenvalue weighted by Crippen LogP contribution is 1.97. The van der Waals surface area contributed by atoms with Crippen molar-refractivity contribution in [2.45, 2.75) is 0 Å². The van der Waals surface area contributed by atoms with E-state index in [2.05, 4.69) is 9.99 Å². The van der Waals surface area contributed by atoms with Crippen LogP contribution in [0.3, 0.4) is 0 Å². The summed E-state index contributed by atoms with van der Waals surface area (Å²) in [7, 11) is 0. The Morgan fingerprint density at radius 2 is 1.93 bits per heavy atom. The van der Waals surface area contributed by atoms with Crippen molar-refractivity contribution < 1.29 is 9.63 Å². The van der Waals surface area contributed by atoms with Gasteiger partial charge in [-0.15, -0.1) is 0 Å². The molecule has 4 N–H and O–H groups in total. The van der Waals surface area contributed by atoms with Crippen molar-refractivity contribution in [1.29, 1.82) is 0 Å². The van der Waals surface area contributed by atoms with Crippen molar-refractivity contribution in [2.75, 3.05) is 6.61 Å². The van der Waals surface area contributed by atoms with Crippen molar-refractivity contribution in [3.05, 3.63) is 35.9 Å². The summed E-state index contributed by atoms with van der Waals surface area (Å²) in [6, 6.07) is 9.08. The fraction of sp³-hybridized carbons (Fsp3) is 0.111. The Bertz CT molecular complexity index is 335. The second-order valence-electron chi connectivity index (χ2n) is 2.58. The predicted molar refractivity (Wildman–Crippen MR) is 52.3 cm³/mol. The number of nitrogens with two attached hydrogens (primary N) is 2.